The van der Waals surface area contributed by atoms with Crippen LogP contribution in [0.25, 0.3) is 0 Å². The molecule has 0 heterocycles. The number of rotatable bonds is 5. The van der Waals surface area contributed by atoms with E-state index in [1.807, 2.05) is 32.9 Å². The molecule has 0 bridgehead atoms. The van der Waals surface area contributed by atoms with Gasteiger partial charge in [0.15, 0.2) is 6.61 Å². The summed E-state index contributed by atoms with van der Waals surface area (Å²) in [4.78, 5) is 35.4. The molecule has 0 saturated carbocycles. The van der Waals surface area contributed by atoms with Crippen molar-refractivity contribution < 1.29 is 19.1 Å². The normalized spacial score (nSPS) is 10.2. The van der Waals surface area contributed by atoms with Crippen molar-refractivity contribution in [3.05, 3.63) is 64.2 Å². The SMILES string of the molecule is Cc1cc(C)c(C(=O)COC(=O)c2cccc(NC(N)=O)c2)c(C)c1. The van der Waals surface area contributed by atoms with Crippen LogP contribution in [0.15, 0.2) is 36.4 Å². The zero-order valence-corrected chi connectivity index (χ0v) is 14.4. The first-order valence-electron chi connectivity index (χ1n) is 7.72. The van der Waals surface area contributed by atoms with Crippen molar-refractivity contribution in [2.24, 2.45) is 5.73 Å². The van der Waals surface area contributed by atoms with Gasteiger partial charge in [0.25, 0.3) is 0 Å². The number of hydrogen-bond acceptors (Lipinski definition) is 4. The van der Waals surface area contributed by atoms with Crippen LogP contribution in [0, 0.1) is 20.8 Å². The number of carbonyl (C=O) groups excluding carboxylic acids is 3. The van der Waals surface area contributed by atoms with Crippen molar-refractivity contribution in [3.8, 4) is 0 Å². The number of carbonyl (C=O) groups is 3. The van der Waals surface area contributed by atoms with Crippen molar-refractivity contribution in [2.75, 3.05) is 11.9 Å². The van der Waals surface area contributed by atoms with Crippen LogP contribution in [0.5, 0.6) is 0 Å². The molecule has 0 spiro atoms. The molecule has 2 rings (SSSR count). The first kappa shape index (κ1) is 18.2. The second-order valence-corrected chi connectivity index (χ2v) is 5.84. The Morgan fingerprint density at radius 1 is 1.04 bits per heavy atom. The van der Waals surface area contributed by atoms with Crippen LogP contribution in [-0.4, -0.2) is 24.4 Å². The molecule has 2 aromatic rings. The van der Waals surface area contributed by atoms with E-state index in [-0.39, 0.29) is 18.0 Å². The minimum Gasteiger partial charge on any atom is -0.454 e. The van der Waals surface area contributed by atoms with Crippen LogP contribution in [-0.2, 0) is 4.74 Å². The van der Waals surface area contributed by atoms with E-state index >= 15 is 0 Å². The highest BCUT2D eigenvalue weighted by molar-refractivity contribution is 6.01. The number of ether oxygens (including phenoxy) is 1. The second-order valence-electron chi connectivity index (χ2n) is 5.84. The van der Waals surface area contributed by atoms with Gasteiger partial charge in [0, 0.05) is 11.3 Å². The molecule has 0 fully saturated rings. The smallest absolute Gasteiger partial charge is 0.338 e. The lowest BCUT2D eigenvalue weighted by Crippen LogP contribution is -2.20. The maximum atomic E-state index is 12.4. The lowest BCUT2D eigenvalue weighted by atomic mass is 9.97. The van der Waals surface area contributed by atoms with Gasteiger partial charge in [0.2, 0.25) is 5.78 Å². The van der Waals surface area contributed by atoms with Crippen LogP contribution in [0.3, 0.4) is 0 Å². The number of urea groups is 1. The van der Waals surface area contributed by atoms with Crippen LogP contribution < -0.4 is 11.1 Å². The Morgan fingerprint density at radius 2 is 1.68 bits per heavy atom. The number of anilines is 1. The van der Waals surface area contributed by atoms with E-state index in [9.17, 15) is 14.4 Å². The summed E-state index contributed by atoms with van der Waals surface area (Å²) in [6.07, 6.45) is 0. The van der Waals surface area contributed by atoms with Crippen molar-refractivity contribution in [2.45, 2.75) is 20.8 Å². The van der Waals surface area contributed by atoms with Gasteiger partial charge in [0.1, 0.15) is 0 Å². The Balaban J connectivity index is 2.07. The van der Waals surface area contributed by atoms with Crippen LogP contribution >= 0.6 is 0 Å². The summed E-state index contributed by atoms with van der Waals surface area (Å²) in [5, 5.41) is 2.38. The molecule has 0 saturated heterocycles. The summed E-state index contributed by atoms with van der Waals surface area (Å²) < 4.78 is 5.11. The number of primary amides is 1. The van der Waals surface area contributed by atoms with Gasteiger partial charge < -0.3 is 15.8 Å². The number of Topliss-reactive ketones (excluding diaryl/α,β-unsaturated/α-hetero) is 1. The molecule has 3 N–H and O–H groups in total. The summed E-state index contributed by atoms with van der Waals surface area (Å²) in [5.74, 6) is -0.904. The predicted molar refractivity (Wildman–Crippen MR) is 94.9 cm³/mol. The molecule has 6 nitrogen and oxygen atoms in total. The summed E-state index contributed by atoms with van der Waals surface area (Å²) in [6, 6.07) is 9.23. The molecular formula is C19H20N2O4. The number of hydrogen-bond donors (Lipinski definition) is 2. The van der Waals surface area contributed by atoms with Gasteiger partial charge in [-0.2, -0.15) is 0 Å². The van der Waals surface area contributed by atoms with E-state index in [0.717, 1.165) is 16.7 Å². The molecule has 0 aliphatic heterocycles. The van der Waals surface area contributed by atoms with E-state index in [4.69, 9.17) is 10.5 Å². The number of ketones is 1. The number of nitrogens with one attached hydrogen (secondary N) is 1. The maximum Gasteiger partial charge on any atom is 0.338 e. The highest BCUT2D eigenvalue weighted by Gasteiger charge is 2.16. The molecule has 0 atom stereocenters. The molecule has 25 heavy (non-hydrogen) atoms. The zero-order chi connectivity index (χ0) is 18.6. The van der Waals surface area contributed by atoms with Crippen molar-refractivity contribution >= 4 is 23.5 Å². The quantitative estimate of drug-likeness (QED) is 0.645. The molecular weight excluding hydrogens is 320 g/mol. The molecule has 0 unspecified atom stereocenters. The third-order valence-corrected chi connectivity index (χ3v) is 3.66. The number of amides is 2. The standard InChI is InChI=1S/C19H20N2O4/c1-11-7-12(2)17(13(3)8-11)16(22)10-25-18(23)14-5-4-6-15(9-14)21-19(20)24/h4-9H,10H2,1-3H3,(H3,20,21,24). The minimum atomic E-state index is -0.731. The van der Waals surface area contributed by atoms with E-state index < -0.39 is 12.0 Å². The Labute approximate surface area is 146 Å². The largest absolute Gasteiger partial charge is 0.454 e. The van der Waals surface area contributed by atoms with Gasteiger partial charge in [-0.15, -0.1) is 0 Å². The fourth-order valence-electron chi connectivity index (χ4n) is 2.77. The number of esters is 1. The van der Waals surface area contributed by atoms with Crippen molar-refractivity contribution in [1.82, 2.24) is 0 Å². The monoisotopic (exact) mass is 340 g/mol. The van der Waals surface area contributed by atoms with E-state index in [0.29, 0.717) is 11.3 Å². The van der Waals surface area contributed by atoms with E-state index in [1.54, 1.807) is 12.1 Å². The van der Waals surface area contributed by atoms with Gasteiger partial charge in [-0.25, -0.2) is 9.59 Å². The summed E-state index contributed by atoms with van der Waals surface area (Å²) in [7, 11) is 0. The molecule has 2 aromatic carbocycles. The third-order valence-electron chi connectivity index (χ3n) is 3.66. The number of aryl methyl sites for hydroxylation is 3. The third kappa shape index (κ3) is 4.67. The predicted octanol–water partition coefficient (Wildman–Crippen LogP) is 3.14. The summed E-state index contributed by atoms with van der Waals surface area (Å²) in [6.45, 7) is 5.32. The lowest BCUT2D eigenvalue weighted by molar-refractivity contribution is 0.0474. The molecule has 0 aliphatic carbocycles. The topological polar surface area (TPSA) is 98.5 Å². The Bertz CT molecular complexity index is 820. The van der Waals surface area contributed by atoms with Gasteiger partial charge in [0.05, 0.1) is 5.56 Å². The van der Waals surface area contributed by atoms with Gasteiger partial charge in [-0.05, 0) is 50.1 Å². The molecule has 0 aromatic heterocycles. The van der Waals surface area contributed by atoms with Crippen molar-refractivity contribution in [1.29, 1.82) is 0 Å². The van der Waals surface area contributed by atoms with Gasteiger partial charge in [-0.3, -0.25) is 4.79 Å². The number of nitrogens with two attached hydrogens (primary N) is 1. The Kier molecular flexibility index (Phi) is 5.54. The van der Waals surface area contributed by atoms with Crippen LogP contribution in [0.4, 0.5) is 10.5 Å². The molecule has 2 amide bonds. The van der Waals surface area contributed by atoms with E-state index in [1.165, 1.54) is 12.1 Å². The highest BCUT2D eigenvalue weighted by Crippen LogP contribution is 2.18. The first-order chi connectivity index (χ1) is 11.8. The Morgan fingerprint density at radius 3 is 2.28 bits per heavy atom. The maximum absolute atomic E-state index is 12.4. The molecule has 6 heteroatoms. The molecule has 0 radical (unpaired) electrons. The average Bonchev–Trinajstić information content (AvgIpc) is 2.51. The molecule has 130 valence electrons. The lowest BCUT2D eigenvalue weighted by Gasteiger charge is -2.11. The zero-order valence-electron chi connectivity index (χ0n) is 14.4. The van der Waals surface area contributed by atoms with E-state index in [2.05, 4.69) is 5.32 Å². The van der Waals surface area contributed by atoms with Crippen molar-refractivity contribution in [3.63, 3.8) is 0 Å². The van der Waals surface area contributed by atoms with Gasteiger partial charge >= 0.3 is 12.0 Å². The summed E-state index contributed by atoms with van der Waals surface area (Å²) >= 11 is 0. The Hall–Kier alpha value is -3.15. The van der Waals surface area contributed by atoms with Crippen LogP contribution in [0.1, 0.15) is 37.4 Å². The average molecular weight is 340 g/mol. The minimum absolute atomic E-state index is 0.219. The highest BCUT2D eigenvalue weighted by atomic mass is 16.5. The van der Waals surface area contributed by atoms with Gasteiger partial charge in [-0.1, -0.05) is 23.8 Å². The van der Waals surface area contributed by atoms with Crippen LogP contribution in [0.2, 0.25) is 0 Å². The molecule has 0 aliphatic rings. The summed E-state index contributed by atoms with van der Waals surface area (Å²) in [5.41, 5.74) is 8.98. The second kappa shape index (κ2) is 7.61. The fourth-order valence-corrected chi connectivity index (χ4v) is 2.77. The fraction of sp³-hybridized carbons (Fsp3) is 0.211. The first-order valence-corrected chi connectivity index (χ1v) is 7.72. The number of benzene rings is 2.